The highest BCUT2D eigenvalue weighted by Crippen LogP contribution is 2.40. The van der Waals surface area contributed by atoms with Crippen LogP contribution < -0.4 is 14.9 Å². The highest BCUT2D eigenvalue weighted by Gasteiger charge is 2.40. The number of benzene rings is 5. The third-order valence-electron chi connectivity index (χ3n) is 10.3. The van der Waals surface area contributed by atoms with Gasteiger partial charge < -0.3 is 15.1 Å². The van der Waals surface area contributed by atoms with Gasteiger partial charge in [0.25, 0.3) is 10.0 Å². The molecule has 1 fully saturated rings. The first kappa shape index (κ1) is 43.2. The smallest absolute Gasteiger partial charge is 0.381 e. The van der Waals surface area contributed by atoms with Crippen molar-refractivity contribution in [3.63, 3.8) is 0 Å². The van der Waals surface area contributed by atoms with Gasteiger partial charge in [-0.2, -0.15) is 13.2 Å². The number of hydrogen-bond donors (Lipinski definition) is 2. The molecular weight excluding hydrogens is 834 g/mol. The standard InChI is InChI=1S/C44H44ClF4N7O2S2/c1-54(2)21-20-33(28-59-35-9-4-3-5-10-35)52-38-18-19-40(42(46)41(38)44(47,48)49)60(57,58)53-43-37-17-16-34(26-39(37)50-29-51-43)56-24-22-55(23-25-56)27-31-8-6-7-11-36(31)30-12-14-32(45)15-13-30/h3-19,26,29,33,52H,20-25,27-28H2,1-2H3,(H,50,51,53)/t33-/m1/s1. The number of piperazine rings is 1. The zero-order valence-corrected chi connectivity index (χ0v) is 35.4. The van der Waals surface area contributed by atoms with E-state index >= 15 is 4.39 Å². The summed E-state index contributed by atoms with van der Waals surface area (Å²) in [5, 5.41) is 3.86. The molecule has 0 unspecified atom stereocenters. The molecule has 1 aliphatic heterocycles. The number of nitrogens with zero attached hydrogens (tertiary/aromatic N) is 5. The number of thioether (sulfide) groups is 1. The molecule has 60 heavy (non-hydrogen) atoms. The zero-order valence-electron chi connectivity index (χ0n) is 33.0. The van der Waals surface area contributed by atoms with Gasteiger partial charge in [-0.05, 0) is 98.3 Å². The van der Waals surface area contributed by atoms with E-state index in [2.05, 4.69) is 41.9 Å². The van der Waals surface area contributed by atoms with E-state index in [0.717, 1.165) is 72.9 Å². The van der Waals surface area contributed by atoms with E-state index in [9.17, 15) is 21.6 Å². The van der Waals surface area contributed by atoms with E-state index in [1.165, 1.54) is 17.3 Å². The Bertz CT molecular complexity index is 2520. The third-order valence-corrected chi connectivity index (χ3v) is 13.1. The van der Waals surface area contributed by atoms with Crippen molar-refractivity contribution in [1.82, 2.24) is 19.8 Å². The van der Waals surface area contributed by atoms with Gasteiger partial charge in [-0.25, -0.2) is 22.8 Å². The second-order valence-electron chi connectivity index (χ2n) is 14.8. The molecule has 0 spiro atoms. The lowest BCUT2D eigenvalue weighted by atomic mass is 9.99. The fourth-order valence-electron chi connectivity index (χ4n) is 7.19. The molecule has 7 rings (SSSR count). The van der Waals surface area contributed by atoms with Crippen LogP contribution in [0.5, 0.6) is 0 Å². The molecule has 2 N–H and O–H groups in total. The number of aromatic nitrogens is 2. The van der Waals surface area contributed by atoms with Gasteiger partial charge in [0.15, 0.2) is 11.6 Å². The van der Waals surface area contributed by atoms with Crippen LogP contribution in [0.1, 0.15) is 17.5 Å². The van der Waals surface area contributed by atoms with Crippen LogP contribution >= 0.6 is 23.4 Å². The van der Waals surface area contributed by atoms with Gasteiger partial charge in [0.05, 0.1) is 5.52 Å². The minimum absolute atomic E-state index is 0.187. The molecule has 0 amide bonds. The number of halogens is 5. The summed E-state index contributed by atoms with van der Waals surface area (Å²) in [5.74, 6) is -1.71. The maximum atomic E-state index is 16.0. The van der Waals surface area contributed by atoms with Gasteiger partial charge >= 0.3 is 6.18 Å². The molecule has 0 aliphatic carbocycles. The van der Waals surface area contributed by atoms with Crippen LogP contribution in [0, 0.1) is 5.82 Å². The lowest BCUT2D eigenvalue weighted by Crippen LogP contribution is -2.46. The molecular formula is C44H44ClF4N7O2S2. The summed E-state index contributed by atoms with van der Waals surface area (Å²) in [5.41, 5.74) is 2.52. The lowest BCUT2D eigenvalue weighted by Gasteiger charge is -2.36. The minimum Gasteiger partial charge on any atom is -0.381 e. The van der Waals surface area contributed by atoms with E-state index in [0.29, 0.717) is 34.6 Å². The van der Waals surface area contributed by atoms with Crippen molar-refractivity contribution in [2.45, 2.75) is 35.0 Å². The molecule has 0 bridgehead atoms. The van der Waals surface area contributed by atoms with Crippen molar-refractivity contribution in [2.24, 2.45) is 0 Å². The van der Waals surface area contributed by atoms with Gasteiger partial charge in [-0.3, -0.25) is 9.62 Å². The van der Waals surface area contributed by atoms with Gasteiger partial charge in [-0.15, -0.1) is 11.8 Å². The molecule has 16 heteroatoms. The molecule has 314 valence electrons. The number of sulfonamides is 1. The van der Waals surface area contributed by atoms with Crippen molar-refractivity contribution >= 4 is 61.5 Å². The highest BCUT2D eigenvalue weighted by atomic mass is 35.5. The van der Waals surface area contributed by atoms with E-state index in [1.54, 1.807) is 6.07 Å². The monoisotopic (exact) mass is 877 g/mol. The Kier molecular flexibility index (Phi) is 13.5. The van der Waals surface area contributed by atoms with Gasteiger partial charge in [0, 0.05) is 71.2 Å². The second kappa shape index (κ2) is 18.8. The predicted molar refractivity (Wildman–Crippen MR) is 234 cm³/mol. The van der Waals surface area contributed by atoms with Crippen LogP contribution in [0.2, 0.25) is 5.02 Å². The summed E-state index contributed by atoms with van der Waals surface area (Å²) < 4.78 is 89.4. The number of anilines is 3. The Hall–Kier alpha value is -4.93. The largest absolute Gasteiger partial charge is 0.421 e. The molecule has 5 aromatic carbocycles. The Labute approximate surface area is 356 Å². The topological polar surface area (TPSA) is 93.7 Å². The number of rotatable bonds is 15. The van der Waals surface area contributed by atoms with Crippen molar-refractivity contribution < 1.29 is 26.0 Å². The zero-order chi connectivity index (χ0) is 42.4. The SMILES string of the molecule is CN(C)CC[C@H](CSc1ccccc1)Nc1ccc(S(=O)(=O)Nc2ncnc3cc(N4CCN(Cc5ccccc5-c5ccc(Cl)cc5)CC4)ccc23)c(F)c1C(F)(F)F. The normalized spacial score (nSPS) is 14.4. The Morgan fingerprint density at radius 1 is 0.883 bits per heavy atom. The minimum atomic E-state index is -5.21. The number of hydrogen-bond acceptors (Lipinski definition) is 9. The average molecular weight is 878 g/mol. The van der Waals surface area contributed by atoms with E-state index in [-0.39, 0.29) is 5.82 Å². The molecule has 0 radical (unpaired) electrons. The second-order valence-corrected chi connectivity index (χ2v) is 18.0. The van der Waals surface area contributed by atoms with Crippen molar-refractivity contribution in [3.05, 3.63) is 137 Å². The molecule has 1 aliphatic rings. The maximum absolute atomic E-state index is 16.0. The van der Waals surface area contributed by atoms with E-state index in [1.807, 2.05) is 97.9 Å². The first-order valence-electron chi connectivity index (χ1n) is 19.3. The molecule has 6 aromatic rings. The van der Waals surface area contributed by atoms with Crippen LogP contribution in [-0.4, -0.2) is 86.8 Å². The molecule has 2 heterocycles. The van der Waals surface area contributed by atoms with Gasteiger partial charge in [0.1, 0.15) is 16.8 Å². The maximum Gasteiger partial charge on any atom is 0.421 e. The van der Waals surface area contributed by atoms with Gasteiger partial charge in [-0.1, -0.05) is 66.2 Å². The van der Waals surface area contributed by atoms with Crippen molar-refractivity contribution in [2.75, 3.05) is 67.5 Å². The fraction of sp³-hybridized carbons (Fsp3) is 0.273. The summed E-state index contributed by atoms with van der Waals surface area (Å²) in [6.45, 7) is 4.38. The summed E-state index contributed by atoms with van der Waals surface area (Å²) >= 11 is 7.58. The van der Waals surface area contributed by atoms with Crippen LogP contribution in [0.25, 0.3) is 22.0 Å². The molecule has 0 saturated carbocycles. The Balaban J connectivity index is 1.06. The fourth-order valence-corrected chi connectivity index (χ4v) is 9.42. The number of alkyl halides is 3. The van der Waals surface area contributed by atoms with E-state index in [4.69, 9.17) is 11.6 Å². The predicted octanol–water partition coefficient (Wildman–Crippen LogP) is 9.76. The van der Waals surface area contributed by atoms with Crippen molar-refractivity contribution in [1.29, 1.82) is 0 Å². The van der Waals surface area contributed by atoms with Crippen molar-refractivity contribution in [3.8, 4) is 11.1 Å². The summed E-state index contributed by atoms with van der Waals surface area (Å²) in [4.78, 5) is 14.7. The van der Waals surface area contributed by atoms with Crippen LogP contribution in [0.4, 0.5) is 34.8 Å². The molecule has 1 saturated heterocycles. The summed E-state index contributed by atoms with van der Waals surface area (Å²) in [6, 6.07) is 32.1. The number of fused-ring (bicyclic) bond motifs is 1. The Morgan fingerprint density at radius 3 is 2.32 bits per heavy atom. The quantitative estimate of drug-likeness (QED) is 0.0773. The summed E-state index contributed by atoms with van der Waals surface area (Å²) in [7, 11) is -1.19. The average Bonchev–Trinajstić information content (AvgIpc) is 3.22. The van der Waals surface area contributed by atoms with E-state index < -0.39 is 44.2 Å². The Morgan fingerprint density at radius 2 is 1.60 bits per heavy atom. The van der Waals surface area contributed by atoms with Crippen LogP contribution in [-0.2, 0) is 22.7 Å². The molecule has 1 atom stereocenters. The lowest BCUT2D eigenvalue weighted by molar-refractivity contribution is -0.139. The van der Waals surface area contributed by atoms with Crippen LogP contribution in [0.15, 0.2) is 125 Å². The highest BCUT2D eigenvalue weighted by molar-refractivity contribution is 7.99. The molecule has 9 nitrogen and oxygen atoms in total. The third kappa shape index (κ3) is 10.5. The number of nitrogens with one attached hydrogen (secondary N) is 2. The molecule has 1 aromatic heterocycles. The first-order valence-corrected chi connectivity index (χ1v) is 22.2. The van der Waals surface area contributed by atoms with Crippen LogP contribution in [0.3, 0.4) is 0 Å². The van der Waals surface area contributed by atoms with Gasteiger partial charge in [0.2, 0.25) is 0 Å². The first-order chi connectivity index (χ1) is 28.7. The summed E-state index contributed by atoms with van der Waals surface area (Å²) in [6.07, 6.45) is -3.60.